The lowest BCUT2D eigenvalue weighted by atomic mass is 10.1. The van der Waals surface area contributed by atoms with Gasteiger partial charge in [0.2, 0.25) is 0 Å². The molecule has 3 nitrogen and oxygen atoms in total. The van der Waals surface area contributed by atoms with E-state index in [9.17, 15) is 0 Å². The van der Waals surface area contributed by atoms with Gasteiger partial charge in [-0.2, -0.15) is 5.10 Å². The molecule has 0 amide bonds. The second kappa shape index (κ2) is 3.92. The van der Waals surface area contributed by atoms with Crippen LogP contribution in [0.15, 0.2) is 6.07 Å². The van der Waals surface area contributed by atoms with Gasteiger partial charge in [0, 0.05) is 12.2 Å². The molecule has 0 aliphatic heterocycles. The molecule has 1 heterocycles. The SMILES string of the molecule is Cc1cc(C)n(C(CN)C(C)C)n1. The van der Waals surface area contributed by atoms with Crippen LogP contribution in [0.4, 0.5) is 0 Å². The van der Waals surface area contributed by atoms with Crippen LogP contribution in [0.1, 0.15) is 31.3 Å². The van der Waals surface area contributed by atoms with Gasteiger partial charge in [-0.1, -0.05) is 13.8 Å². The van der Waals surface area contributed by atoms with Crippen molar-refractivity contribution in [2.45, 2.75) is 33.7 Å². The lowest BCUT2D eigenvalue weighted by Crippen LogP contribution is -2.25. The highest BCUT2D eigenvalue weighted by atomic mass is 15.3. The van der Waals surface area contributed by atoms with Gasteiger partial charge in [-0.05, 0) is 25.8 Å². The molecular formula is C10H19N3. The third-order valence-corrected chi connectivity index (χ3v) is 2.37. The van der Waals surface area contributed by atoms with Crippen LogP contribution >= 0.6 is 0 Å². The van der Waals surface area contributed by atoms with Gasteiger partial charge in [0.05, 0.1) is 11.7 Å². The summed E-state index contributed by atoms with van der Waals surface area (Å²) in [6, 6.07) is 2.42. The number of hydrogen-bond acceptors (Lipinski definition) is 2. The van der Waals surface area contributed by atoms with E-state index < -0.39 is 0 Å². The van der Waals surface area contributed by atoms with Crippen molar-refractivity contribution < 1.29 is 0 Å². The van der Waals surface area contributed by atoms with Crippen LogP contribution < -0.4 is 5.73 Å². The fourth-order valence-corrected chi connectivity index (χ4v) is 1.64. The standard InChI is InChI=1S/C10H19N3/c1-7(2)10(6-11)13-9(4)5-8(3)12-13/h5,7,10H,6,11H2,1-4H3. The number of nitrogens with zero attached hydrogens (tertiary/aromatic N) is 2. The molecule has 13 heavy (non-hydrogen) atoms. The van der Waals surface area contributed by atoms with Gasteiger partial charge in [-0.15, -0.1) is 0 Å². The molecule has 0 saturated heterocycles. The van der Waals surface area contributed by atoms with Gasteiger partial charge in [0.25, 0.3) is 0 Å². The maximum atomic E-state index is 5.72. The minimum absolute atomic E-state index is 0.327. The fourth-order valence-electron chi connectivity index (χ4n) is 1.64. The Labute approximate surface area is 79.9 Å². The van der Waals surface area contributed by atoms with Crippen LogP contribution in [0, 0.1) is 19.8 Å². The van der Waals surface area contributed by atoms with E-state index in [2.05, 4.69) is 31.9 Å². The Balaban J connectivity index is 2.97. The zero-order chi connectivity index (χ0) is 10.0. The van der Waals surface area contributed by atoms with Gasteiger partial charge in [0.1, 0.15) is 0 Å². The summed E-state index contributed by atoms with van der Waals surface area (Å²) < 4.78 is 2.04. The van der Waals surface area contributed by atoms with Gasteiger partial charge in [-0.3, -0.25) is 4.68 Å². The quantitative estimate of drug-likeness (QED) is 0.770. The second-order valence-electron chi connectivity index (χ2n) is 3.92. The Hall–Kier alpha value is -0.830. The first-order valence-electron chi connectivity index (χ1n) is 4.79. The van der Waals surface area contributed by atoms with E-state index in [1.54, 1.807) is 0 Å². The number of aryl methyl sites for hydroxylation is 2. The molecule has 74 valence electrons. The van der Waals surface area contributed by atoms with Crippen molar-refractivity contribution in [2.75, 3.05) is 6.54 Å². The van der Waals surface area contributed by atoms with Crippen molar-refractivity contribution >= 4 is 0 Å². The van der Waals surface area contributed by atoms with Crippen molar-refractivity contribution in [3.8, 4) is 0 Å². The van der Waals surface area contributed by atoms with Gasteiger partial charge >= 0.3 is 0 Å². The van der Waals surface area contributed by atoms with Crippen LogP contribution in [-0.4, -0.2) is 16.3 Å². The lowest BCUT2D eigenvalue weighted by molar-refractivity contribution is 0.348. The molecule has 3 heteroatoms. The van der Waals surface area contributed by atoms with Crippen molar-refractivity contribution in [1.29, 1.82) is 0 Å². The molecule has 0 saturated carbocycles. The van der Waals surface area contributed by atoms with Gasteiger partial charge in [-0.25, -0.2) is 0 Å². The number of aromatic nitrogens is 2. The van der Waals surface area contributed by atoms with Crippen molar-refractivity contribution in [2.24, 2.45) is 11.7 Å². The summed E-state index contributed by atoms with van der Waals surface area (Å²) in [5.41, 5.74) is 7.99. The molecule has 1 aromatic rings. The van der Waals surface area contributed by atoms with Crippen molar-refractivity contribution in [3.63, 3.8) is 0 Å². The molecule has 0 radical (unpaired) electrons. The van der Waals surface area contributed by atoms with E-state index in [0.717, 1.165) is 5.69 Å². The molecule has 0 aliphatic rings. The first-order chi connectivity index (χ1) is 6.06. The topological polar surface area (TPSA) is 43.8 Å². The Morgan fingerprint density at radius 3 is 2.38 bits per heavy atom. The van der Waals surface area contributed by atoms with E-state index in [4.69, 9.17) is 5.73 Å². The minimum Gasteiger partial charge on any atom is -0.328 e. The maximum Gasteiger partial charge on any atom is 0.0667 e. The molecule has 0 aliphatic carbocycles. The highest BCUT2D eigenvalue weighted by Crippen LogP contribution is 2.17. The summed E-state index contributed by atoms with van der Waals surface area (Å²) in [5, 5.41) is 4.44. The van der Waals surface area contributed by atoms with E-state index >= 15 is 0 Å². The molecule has 0 fully saturated rings. The summed E-state index contributed by atoms with van der Waals surface area (Å²) in [7, 11) is 0. The molecule has 1 atom stereocenters. The molecule has 0 bridgehead atoms. The number of rotatable bonds is 3. The number of nitrogens with two attached hydrogens (primary N) is 1. The molecule has 1 unspecified atom stereocenters. The Kier molecular flexibility index (Phi) is 3.09. The van der Waals surface area contributed by atoms with E-state index in [0.29, 0.717) is 18.5 Å². The predicted octanol–water partition coefficient (Wildman–Crippen LogP) is 1.66. The molecule has 0 aromatic carbocycles. The van der Waals surface area contributed by atoms with Gasteiger partial charge in [0.15, 0.2) is 0 Å². The third-order valence-electron chi connectivity index (χ3n) is 2.37. The number of hydrogen-bond donors (Lipinski definition) is 1. The Bertz CT molecular complexity index is 276. The second-order valence-corrected chi connectivity index (χ2v) is 3.92. The molecular weight excluding hydrogens is 162 g/mol. The smallest absolute Gasteiger partial charge is 0.0667 e. The summed E-state index contributed by atoms with van der Waals surface area (Å²) in [4.78, 5) is 0. The normalized spacial score (nSPS) is 13.7. The molecule has 0 spiro atoms. The summed E-state index contributed by atoms with van der Waals surface area (Å²) in [6.07, 6.45) is 0. The maximum absolute atomic E-state index is 5.72. The van der Waals surface area contributed by atoms with Crippen LogP contribution in [-0.2, 0) is 0 Å². The summed E-state index contributed by atoms with van der Waals surface area (Å²) >= 11 is 0. The van der Waals surface area contributed by atoms with Crippen LogP contribution in [0.3, 0.4) is 0 Å². The first-order valence-corrected chi connectivity index (χ1v) is 4.79. The zero-order valence-corrected chi connectivity index (χ0v) is 8.91. The van der Waals surface area contributed by atoms with Crippen molar-refractivity contribution in [3.05, 3.63) is 17.5 Å². The minimum atomic E-state index is 0.327. The average molecular weight is 181 g/mol. The van der Waals surface area contributed by atoms with Crippen molar-refractivity contribution in [1.82, 2.24) is 9.78 Å². The first kappa shape index (κ1) is 10.3. The highest BCUT2D eigenvalue weighted by Gasteiger charge is 2.16. The zero-order valence-electron chi connectivity index (χ0n) is 8.91. The lowest BCUT2D eigenvalue weighted by Gasteiger charge is -2.20. The van der Waals surface area contributed by atoms with Gasteiger partial charge < -0.3 is 5.73 Å². The third kappa shape index (κ3) is 2.10. The molecule has 2 N–H and O–H groups in total. The Morgan fingerprint density at radius 1 is 1.46 bits per heavy atom. The summed E-state index contributed by atoms with van der Waals surface area (Å²) in [6.45, 7) is 9.09. The van der Waals surface area contributed by atoms with E-state index in [-0.39, 0.29) is 0 Å². The monoisotopic (exact) mass is 181 g/mol. The van der Waals surface area contributed by atoms with Crippen LogP contribution in [0.25, 0.3) is 0 Å². The summed E-state index contributed by atoms with van der Waals surface area (Å²) in [5.74, 6) is 0.531. The van der Waals surface area contributed by atoms with E-state index in [1.165, 1.54) is 5.69 Å². The predicted molar refractivity (Wildman–Crippen MR) is 54.6 cm³/mol. The largest absolute Gasteiger partial charge is 0.328 e. The molecule has 1 rings (SSSR count). The average Bonchev–Trinajstić information content (AvgIpc) is 2.31. The molecule has 1 aromatic heterocycles. The highest BCUT2D eigenvalue weighted by molar-refractivity contribution is 5.07. The Morgan fingerprint density at radius 2 is 2.08 bits per heavy atom. The van der Waals surface area contributed by atoms with Crippen LogP contribution in [0.2, 0.25) is 0 Å². The van der Waals surface area contributed by atoms with E-state index in [1.807, 2.05) is 11.6 Å². The van der Waals surface area contributed by atoms with Crippen LogP contribution in [0.5, 0.6) is 0 Å². The fraction of sp³-hybridized carbons (Fsp3) is 0.700.